The predicted octanol–water partition coefficient (Wildman–Crippen LogP) is 4.08. The summed E-state index contributed by atoms with van der Waals surface area (Å²) in [5.41, 5.74) is 2.04. The summed E-state index contributed by atoms with van der Waals surface area (Å²) in [7, 11) is 1.61. The fourth-order valence-corrected chi connectivity index (χ4v) is 3.34. The van der Waals surface area contributed by atoms with Gasteiger partial charge in [0.15, 0.2) is 17.1 Å². The summed E-state index contributed by atoms with van der Waals surface area (Å²) in [6.07, 6.45) is 1.57. The van der Waals surface area contributed by atoms with Gasteiger partial charge in [-0.15, -0.1) is 0 Å². The fourth-order valence-electron chi connectivity index (χ4n) is 3.34. The summed E-state index contributed by atoms with van der Waals surface area (Å²) in [6, 6.07) is 15.2. The quantitative estimate of drug-likeness (QED) is 0.469. The molecule has 0 saturated carbocycles. The normalized spacial score (nSPS) is 12.2. The van der Waals surface area contributed by atoms with Crippen LogP contribution in [0, 0.1) is 0 Å². The number of fused-ring (bicyclic) bond motifs is 1. The highest BCUT2D eigenvalue weighted by Crippen LogP contribution is 2.31. The molecule has 0 amide bonds. The molecule has 0 spiro atoms. The van der Waals surface area contributed by atoms with Crippen molar-refractivity contribution in [2.24, 2.45) is 0 Å². The van der Waals surface area contributed by atoms with Crippen molar-refractivity contribution in [3.63, 3.8) is 0 Å². The number of ether oxygens (including phenoxy) is 2. The fraction of sp³-hybridized carbons (Fsp3) is 0.261. The minimum Gasteiger partial charge on any atom is -0.493 e. The van der Waals surface area contributed by atoms with Gasteiger partial charge in [-0.3, -0.25) is 9.78 Å². The summed E-state index contributed by atoms with van der Waals surface area (Å²) in [5.74, 6) is 1.70. The van der Waals surface area contributed by atoms with Gasteiger partial charge in [0, 0.05) is 0 Å². The second-order valence-electron chi connectivity index (χ2n) is 7.49. The average Bonchev–Trinajstić information content (AvgIpc) is 3.18. The molecule has 160 valence electrons. The summed E-state index contributed by atoms with van der Waals surface area (Å²) in [4.78, 5) is 20.0. The lowest BCUT2D eigenvalue weighted by Crippen LogP contribution is -2.16. The number of nitrogens with one attached hydrogen (secondary N) is 2. The van der Waals surface area contributed by atoms with Crippen LogP contribution in [-0.2, 0) is 0 Å². The van der Waals surface area contributed by atoms with Crippen molar-refractivity contribution in [3.8, 4) is 17.2 Å². The van der Waals surface area contributed by atoms with Crippen molar-refractivity contribution >= 4 is 17.0 Å². The van der Waals surface area contributed by atoms with E-state index in [1.807, 2.05) is 69.3 Å². The van der Waals surface area contributed by atoms with E-state index in [2.05, 4.69) is 20.4 Å². The SMILES string of the molecule is COc1cc(C(C)Nc2nc3c(cnn3-c3ccccc3)c(=O)[nH]2)ccc1OC(C)C. The van der Waals surface area contributed by atoms with Crippen LogP contribution in [-0.4, -0.2) is 33.0 Å². The van der Waals surface area contributed by atoms with Crippen LogP contribution in [0.15, 0.2) is 59.5 Å². The highest BCUT2D eigenvalue weighted by atomic mass is 16.5. The van der Waals surface area contributed by atoms with E-state index in [1.54, 1.807) is 11.8 Å². The van der Waals surface area contributed by atoms with Gasteiger partial charge < -0.3 is 14.8 Å². The lowest BCUT2D eigenvalue weighted by molar-refractivity contribution is 0.230. The maximum Gasteiger partial charge on any atom is 0.263 e. The maximum absolute atomic E-state index is 12.6. The third-order valence-corrected chi connectivity index (χ3v) is 4.84. The third-order valence-electron chi connectivity index (χ3n) is 4.84. The highest BCUT2D eigenvalue weighted by molar-refractivity contribution is 5.76. The first-order valence-electron chi connectivity index (χ1n) is 10.1. The molecule has 2 aromatic carbocycles. The van der Waals surface area contributed by atoms with Gasteiger partial charge in [-0.1, -0.05) is 24.3 Å². The van der Waals surface area contributed by atoms with Gasteiger partial charge in [-0.25, -0.2) is 4.68 Å². The van der Waals surface area contributed by atoms with Gasteiger partial charge in [0.05, 0.1) is 31.1 Å². The first kappa shape index (κ1) is 20.5. The average molecular weight is 419 g/mol. The number of benzene rings is 2. The molecule has 0 aliphatic carbocycles. The number of methoxy groups -OCH3 is 1. The number of H-pyrrole nitrogens is 1. The van der Waals surface area contributed by atoms with Crippen LogP contribution in [0.3, 0.4) is 0 Å². The van der Waals surface area contributed by atoms with Crippen LogP contribution in [0.5, 0.6) is 11.5 Å². The van der Waals surface area contributed by atoms with Crippen LogP contribution < -0.4 is 20.3 Å². The van der Waals surface area contributed by atoms with Crippen LogP contribution in [0.4, 0.5) is 5.95 Å². The first-order chi connectivity index (χ1) is 15.0. The summed E-state index contributed by atoms with van der Waals surface area (Å²) >= 11 is 0. The molecule has 31 heavy (non-hydrogen) atoms. The Bertz CT molecular complexity index is 1250. The number of rotatable bonds is 7. The van der Waals surface area contributed by atoms with E-state index >= 15 is 0 Å². The number of aromatic nitrogens is 4. The van der Waals surface area contributed by atoms with E-state index in [1.165, 1.54) is 6.20 Å². The van der Waals surface area contributed by atoms with Crippen molar-refractivity contribution in [1.29, 1.82) is 0 Å². The zero-order valence-corrected chi connectivity index (χ0v) is 17.9. The number of anilines is 1. The molecule has 2 aromatic heterocycles. The molecule has 0 aliphatic heterocycles. The molecular formula is C23H25N5O3. The Kier molecular flexibility index (Phi) is 5.62. The Morgan fingerprint density at radius 2 is 1.84 bits per heavy atom. The van der Waals surface area contributed by atoms with Crippen molar-refractivity contribution in [2.45, 2.75) is 32.9 Å². The van der Waals surface area contributed by atoms with Gasteiger partial charge in [-0.05, 0) is 50.6 Å². The first-order valence-corrected chi connectivity index (χ1v) is 10.1. The number of nitrogens with zero attached hydrogens (tertiary/aromatic N) is 3. The third kappa shape index (κ3) is 4.23. The standard InChI is InChI=1S/C23H25N5O3/c1-14(2)31-19-11-10-16(12-20(19)30-4)15(3)25-23-26-21-18(22(29)27-23)13-24-28(21)17-8-6-5-7-9-17/h5-15H,1-4H3,(H2,25,26,27,29). The zero-order valence-electron chi connectivity index (χ0n) is 17.9. The van der Waals surface area contributed by atoms with Crippen LogP contribution in [0.1, 0.15) is 32.4 Å². The molecule has 4 rings (SSSR count). The number of para-hydroxylation sites is 1. The van der Waals surface area contributed by atoms with Crippen LogP contribution in [0.2, 0.25) is 0 Å². The van der Waals surface area contributed by atoms with Crippen molar-refractivity contribution < 1.29 is 9.47 Å². The summed E-state index contributed by atoms with van der Waals surface area (Å²) in [6.45, 7) is 5.92. The van der Waals surface area contributed by atoms with E-state index in [9.17, 15) is 4.79 Å². The lowest BCUT2D eigenvalue weighted by atomic mass is 10.1. The Labute approximate surface area is 179 Å². The molecule has 0 radical (unpaired) electrons. The molecule has 1 atom stereocenters. The smallest absolute Gasteiger partial charge is 0.263 e. The molecule has 4 aromatic rings. The molecule has 0 saturated heterocycles. The Hall–Kier alpha value is -3.81. The Morgan fingerprint density at radius 1 is 1.06 bits per heavy atom. The molecule has 8 nitrogen and oxygen atoms in total. The molecule has 0 bridgehead atoms. The van der Waals surface area contributed by atoms with Crippen molar-refractivity contribution in [3.05, 3.63) is 70.6 Å². The topological polar surface area (TPSA) is 94.1 Å². The highest BCUT2D eigenvalue weighted by Gasteiger charge is 2.15. The van der Waals surface area contributed by atoms with Gasteiger partial charge >= 0.3 is 0 Å². The molecule has 2 N–H and O–H groups in total. The second-order valence-corrected chi connectivity index (χ2v) is 7.49. The predicted molar refractivity (Wildman–Crippen MR) is 120 cm³/mol. The van der Waals surface area contributed by atoms with Crippen molar-refractivity contribution in [2.75, 3.05) is 12.4 Å². The Balaban J connectivity index is 1.65. The Morgan fingerprint density at radius 3 is 2.55 bits per heavy atom. The largest absolute Gasteiger partial charge is 0.493 e. The van der Waals surface area contributed by atoms with E-state index in [0.29, 0.717) is 28.5 Å². The number of hydrogen-bond acceptors (Lipinski definition) is 6. The second kappa shape index (κ2) is 8.51. The molecule has 0 aliphatic rings. The van der Waals surface area contributed by atoms with E-state index < -0.39 is 0 Å². The van der Waals surface area contributed by atoms with Gasteiger partial charge in [-0.2, -0.15) is 10.1 Å². The van der Waals surface area contributed by atoms with Crippen LogP contribution in [0.25, 0.3) is 16.7 Å². The number of aromatic amines is 1. The van der Waals surface area contributed by atoms with E-state index in [4.69, 9.17) is 9.47 Å². The van der Waals surface area contributed by atoms with E-state index in [-0.39, 0.29) is 17.7 Å². The lowest BCUT2D eigenvalue weighted by Gasteiger charge is -2.18. The molecule has 8 heteroatoms. The molecular weight excluding hydrogens is 394 g/mol. The minimum atomic E-state index is -0.250. The summed E-state index contributed by atoms with van der Waals surface area (Å²) < 4.78 is 12.9. The summed E-state index contributed by atoms with van der Waals surface area (Å²) in [5, 5.41) is 8.03. The van der Waals surface area contributed by atoms with Gasteiger partial charge in [0.2, 0.25) is 5.95 Å². The number of hydrogen-bond donors (Lipinski definition) is 2. The zero-order chi connectivity index (χ0) is 22.0. The molecule has 2 heterocycles. The minimum absolute atomic E-state index is 0.0470. The van der Waals surface area contributed by atoms with E-state index in [0.717, 1.165) is 11.3 Å². The monoisotopic (exact) mass is 419 g/mol. The van der Waals surface area contributed by atoms with Gasteiger partial charge in [0.25, 0.3) is 5.56 Å². The maximum atomic E-state index is 12.6. The van der Waals surface area contributed by atoms with Gasteiger partial charge in [0.1, 0.15) is 5.39 Å². The molecule has 1 unspecified atom stereocenters. The van der Waals surface area contributed by atoms with Crippen LogP contribution >= 0.6 is 0 Å². The van der Waals surface area contributed by atoms with Crippen molar-refractivity contribution in [1.82, 2.24) is 19.7 Å². The molecule has 0 fully saturated rings.